The molecule has 0 unspecified atom stereocenters. The molecule has 0 saturated heterocycles. The SMILES string of the molecule is COc1cc2cc(S(=O)(=O)c3ccc(C)cc3)ncc2n(Cc2ccccc2)c1=O. The maximum absolute atomic E-state index is 13.0. The standard InChI is InChI=1S/C23H20N2O4S/c1-16-8-10-19(11-9-16)30(27,28)22-13-18-12-21(29-2)23(26)25(20(18)14-24-22)15-17-6-4-3-5-7-17/h3-14H,15H2,1-2H3. The molecule has 30 heavy (non-hydrogen) atoms. The normalized spacial score (nSPS) is 11.5. The van der Waals surface area contributed by atoms with E-state index < -0.39 is 9.84 Å². The third-order valence-corrected chi connectivity index (χ3v) is 6.60. The van der Waals surface area contributed by atoms with Crippen LogP contribution >= 0.6 is 0 Å². The van der Waals surface area contributed by atoms with Gasteiger partial charge in [0.2, 0.25) is 9.84 Å². The molecule has 2 heterocycles. The number of aromatic nitrogens is 2. The maximum atomic E-state index is 13.0. The summed E-state index contributed by atoms with van der Waals surface area (Å²) in [7, 11) is -2.37. The lowest BCUT2D eigenvalue weighted by Gasteiger charge is -2.13. The molecule has 0 fully saturated rings. The summed E-state index contributed by atoms with van der Waals surface area (Å²) < 4.78 is 32.8. The lowest BCUT2D eigenvalue weighted by molar-refractivity contribution is 0.405. The number of nitrogens with zero attached hydrogens (tertiary/aromatic N) is 2. The number of fused-ring (bicyclic) bond motifs is 1. The van der Waals surface area contributed by atoms with Crippen LogP contribution in [0.5, 0.6) is 5.75 Å². The quantitative estimate of drug-likeness (QED) is 0.493. The van der Waals surface area contributed by atoms with Gasteiger partial charge in [-0.05, 0) is 36.8 Å². The van der Waals surface area contributed by atoms with Crippen LogP contribution in [0.15, 0.2) is 87.6 Å². The Morgan fingerprint density at radius 2 is 1.70 bits per heavy atom. The van der Waals surface area contributed by atoms with Gasteiger partial charge in [0.15, 0.2) is 10.8 Å². The van der Waals surface area contributed by atoms with Crippen molar-refractivity contribution in [3.63, 3.8) is 0 Å². The topological polar surface area (TPSA) is 78.3 Å². The second-order valence-corrected chi connectivity index (χ2v) is 8.88. The van der Waals surface area contributed by atoms with Crippen molar-refractivity contribution in [1.82, 2.24) is 9.55 Å². The molecule has 4 aromatic rings. The van der Waals surface area contributed by atoms with Gasteiger partial charge in [0.05, 0.1) is 30.3 Å². The van der Waals surface area contributed by atoms with E-state index in [-0.39, 0.29) is 21.2 Å². The van der Waals surface area contributed by atoms with Crippen molar-refractivity contribution in [2.24, 2.45) is 0 Å². The molecular formula is C23H20N2O4S. The van der Waals surface area contributed by atoms with E-state index in [0.29, 0.717) is 17.4 Å². The zero-order valence-corrected chi connectivity index (χ0v) is 17.4. The summed E-state index contributed by atoms with van der Waals surface area (Å²) in [6, 6.07) is 19.2. The Hall–Kier alpha value is -3.45. The molecule has 0 aliphatic rings. The van der Waals surface area contributed by atoms with E-state index in [9.17, 15) is 13.2 Å². The maximum Gasteiger partial charge on any atom is 0.293 e. The molecule has 0 atom stereocenters. The predicted octanol–water partition coefficient (Wildman–Crippen LogP) is 3.59. The van der Waals surface area contributed by atoms with E-state index in [1.54, 1.807) is 34.9 Å². The van der Waals surface area contributed by atoms with Gasteiger partial charge < -0.3 is 4.74 Å². The summed E-state index contributed by atoms with van der Waals surface area (Å²) in [6.45, 7) is 2.21. The van der Waals surface area contributed by atoms with Crippen molar-refractivity contribution >= 4 is 20.7 Å². The first kappa shape index (κ1) is 19.8. The molecule has 0 bridgehead atoms. The summed E-state index contributed by atoms with van der Waals surface area (Å²) >= 11 is 0. The van der Waals surface area contributed by atoms with Crippen molar-refractivity contribution < 1.29 is 13.2 Å². The number of aryl methyl sites for hydroxylation is 1. The molecule has 2 aromatic carbocycles. The molecule has 152 valence electrons. The molecule has 4 rings (SSSR count). The largest absolute Gasteiger partial charge is 0.491 e. The fourth-order valence-corrected chi connectivity index (χ4v) is 4.49. The van der Waals surface area contributed by atoms with E-state index in [1.165, 1.54) is 19.4 Å². The first-order valence-corrected chi connectivity index (χ1v) is 10.8. The first-order valence-electron chi connectivity index (χ1n) is 9.33. The average Bonchev–Trinajstić information content (AvgIpc) is 2.76. The molecule has 0 saturated carbocycles. The minimum Gasteiger partial charge on any atom is -0.491 e. The van der Waals surface area contributed by atoms with Crippen LogP contribution in [-0.4, -0.2) is 25.1 Å². The number of rotatable bonds is 5. The Morgan fingerprint density at radius 1 is 1.00 bits per heavy atom. The molecule has 6 nitrogen and oxygen atoms in total. The fraction of sp³-hybridized carbons (Fsp3) is 0.130. The highest BCUT2D eigenvalue weighted by Crippen LogP contribution is 2.24. The lowest BCUT2D eigenvalue weighted by atomic mass is 10.2. The number of benzene rings is 2. The van der Waals surface area contributed by atoms with Crippen molar-refractivity contribution in [2.75, 3.05) is 7.11 Å². The van der Waals surface area contributed by atoms with Crippen LogP contribution in [0, 0.1) is 6.92 Å². The van der Waals surface area contributed by atoms with Crippen molar-refractivity contribution in [3.05, 3.63) is 94.4 Å². The number of ether oxygens (including phenoxy) is 1. The van der Waals surface area contributed by atoms with Crippen LogP contribution in [0.4, 0.5) is 0 Å². The van der Waals surface area contributed by atoms with Crippen molar-refractivity contribution in [2.45, 2.75) is 23.4 Å². The molecule has 0 spiro atoms. The Kier molecular flexibility index (Phi) is 5.13. The van der Waals surface area contributed by atoms with Gasteiger partial charge in [0.1, 0.15) is 0 Å². The zero-order chi connectivity index (χ0) is 21.3. The van der Waals surface area contributed by atoms with E-state index in [1.807, 2.05) is 37.3 Å². The third-order valence-electron chi connectivity index (χ3n) is 4.93. The third kappa shape index (κ3) is 3.59. The number of hydrogen-bond acceptors (Lipinski definition) is 5. The van der Waals surface area contributed by atoms with Crippen LogP contribution < -0.4 is 10.3 Å². The molecule has 7 heteroatoms. The molecule has 2 aromatic heterocycles. The van der Waals surface area contributed by atoms with Gasteiger partial charge in [-0.1, -0.05) is 48.0 Å². The van der Waals surface area contributed by atoms with Crippen molar-refractivity contribution in [3.8, 4) is 5.75 Å². The number of pyridine rings is 2. The summed E-state index contributed by atoms with van der Waals surface area (Å²) in [5.41, 5.74) is 2.14. The monoisotopic (exact) mass is 420 g/mol. The summed E-state index contributed by atoms with van der Waals surface area (Å²) in [5.74, 6) is 0.142. The highest BCUT2D eigenvalue weighted by Gasteiger charge is 2.21. The van der Waals surface area contributed by atoms with Gasteiger partial charge in [0, 0.05) is 5.39 Å². The Balaban J connectivity index is 1.88. The summed E-state index contributed by atoms with van der Waals surface area (Å²) in [6.07, 6.45) is 1.43. The van der Waals surface area contributed by atoms with Gasteiger partial charge in [-0.25, -0.2) is 13.4 Å². The highest BCUT2D eigenvalue weighted by molar-refractivity contribution is 7.91. The van der Waals surface area contributed by atoms with Crippen molar-refractivity contribution in [1.29, 1.82) is 0 Å². The molecule has 0 N–H and O–H groups in total. The van der Waals surface area contributed by atoms with Crippen LogP contribution in [0.1, 0.15) is 11.1 Å². The summed E-state index contributed by atoms with van der Waals surface area (Å²) in [5, 5.41) is 0.480. The van der Waals surface area contributed by atoms with Crippen LogP contribution in [0.3, 0.4) is 0 Å². The Bertz CT molecular complexity index is 1380. The van der Waals surface area contributed by atoms with Gasteiger partial charge in [-0.3, -0.25) is 9.36 Å². The number of sulfone groups is 1. The Labute approximate surface area is 174 Å². The van der Waals surface area contributed by atoms with E-state index in [4.69, 9.17) is 4.74 Å². The van der Waals surface area contributed by atoms with E-state index >= 15 is 0 Å². The fourth-order valence-electron chi connectivity index (χ4n) is 3.28. The predicted molar refractivity (Wildman–Crippen MR) is 115 cm³/mol. The average molecular weight is 420 g/mol. The molecular weight excluding hydrogens is 400 g/mol. The lowest BCUT2D eigenvalue weighted by Crippen LogP contribution is -2.22. The van der Waals surface area contributed by atoms with E-state index in [2.05, 4.69) is 4.98 Å². The van der Waals surface area contributed by atoms with Crippen LogP contribution in [0.2, 0.25) is 0 Å². The summed E-state index contributed by atoms with van der Waals surface area (Å²) in [4.78, 5) is 17.2. The molecule has 0 radical (unpaired) electrons. The van der Waals surface area contributed by atoms with Gasteiger partial charge in [-0.2, -0.15) is 0 Å². The minimum absolute atomic E-state index is 0.0779. The van der Waals surface area contributed by atoms with Gasteiger partial charge >= 0.3 is 0 Å². The minimum atomic E-state index is -3.79. The number of hydrogen-bond donors (Lipinski definition) is 0. The second kappa shape index (κ2) is 7.76. The van der Waals surface area contributed by atoms with Gasteiger partial charge in [0.25, 0.3) is 5.56 Å². The van der Waals surface area contributed by atoms with Crippen LogP contribution in [0.25, 0.3) is 10.9 Å². The molecule has 0 aliphatic heterocycles. The highest BCUT2D eigenvalue weighted by atomic mass is 32.2. The molecule has 0 aliphatic carbocycles. The smallest absolute Gasteiger partial charge is 0.293 e. The zero-order valence-electron chi connectivity index (χ0n) is 16.6. The Morgan fingerprint density at radius 3 is 2.37 bits per heavy atom. The first-order chi connectivity index (χ1) is 14.4. The van der Waals surface area contributed by atoms with Gasteiger partial charge in [-0.15, -0.1) is 0 Å². The van der Waals surface area contributed by atoms with Crippen LogP contribution in [-0.2, 0) is 16.4 Å². The second-order valence-electron chi connectivity index (χ2n) is 6.99. The van der Waals surface area contributed by atoms with E-state index in [0.717, 1.165) is 11.1 Å². The molecule has 0 amide bonds. The number of methoxy groups -OCH3 is 1.